The number of nitrogens with zero attached hydrogens (tertiary/aromatic N) is 8. The zero-order valence-electron chi connectivity index (χ0n) is 28.0. The van der Waals surface area contributed by atoms with Gasteiger partial charge in [0.1, 0.15) is 33.9 Å². The van der Waals surface area contributed by atoms with Crippen LogP contribution in [-0.4, -0.2) is 91.8 Å². The maximum Gasteiger partial charge on any atom is 0.290 e. The number of piperidine rings is 1. The van der Waals surface area contributed by atoms with Crippen molar-refractivity contribution in [3.63, 3.8) is 0 Å². The van der Waals surface area contributed by atoms with Crippen molar-refractivity contribution in [3.8, 4) is 28.5 Å². The van der Waals surface area contributed by atoms with E-state index in [1.807, 2.05) is 54.0 Å². The number of β-amino-alcohol motifs (C(OH)–C–C–N with tert-alkyl or cyclic N) is 1. The number of pyridine rings is 1. The maximum atomic E-state index is 13.6. The lowest BCUT2D eigenvalue weighted by Crippen LogP contribution is -2.49. The summed E-state index contributed by atoms with van der Waals surface area (Å²) in [4.78, 5) is 44.5. The van der Waals surface area contributed by atoms with Gasteiger partial charge in [0.05, 0.1) is 17.8 Å². The van der Waals surface area contributed by atoms with Crippen LogP contribution in [0.5, 0.6) is 0 Å². The third kappa shape index (κ3) is 7.65. The molecule has 7 rings (SSSR count). The Morgan fingerprint density at radius 1 is 1.14 bits per heavy atom. The zero-order chi connectivity index (χ0) is 36.1. The molecule has 4 aromatic heterocycles. The third-order valence-corrected chi connectivity index (χ3v) is 9.99. The highest BCUT2D eigenvalue weighted by Crippen LogP contribution is 2.37. The minimum Gasteiger partial charge on any atom is -0.483 e. The van der Waals surface area contributed by atoms with Crippen LogP contribution in [0.4, 0.5) is 21.3 Å². The van der Waals surface area contributed by atoms with E-state index in [1.165, 1.54) is 23.5 Å². The van der Waals surface area contributed by atoms with Crippen molar-refractivity contribution in [2.24, 2.45) is 0 Å². The van der Waals surface area contributed by atoms with Gasteiger partial charge in [-0.05, 0) is 62.1 Å². The van der Waals surface area contributed by atoms with E-state index < -0.39 is 6.10 Å². The Balaban J connectivity index is 0.00000144. The molecule has 2 aliphatic heterocycles. The first-order valence-corrected chi connectivity index (χ1v) is 17.3. The highest BCUT2D eigenvalue weighted by molar-refractivity contribution is 7.16. The summed E-state index contributed by atoms with van der Waals surface area (Å²) in [6.07, 6.45) is 7.92. The number of aliphatic hydroxyl groups is 1. The van der Waals surface area contributed by atoms with E-state index in [4.69, 9.17) is 29.8 Å². The Kier molecular flexibility index (Phi) is 10.8. The average Bonchev–Trinajstić information content (AvgIpc) is 3.89. The largest absolute Gasteiger partial charge is 0.483 e. The number of aromatic nitrogens is 5. The number of halogens is 1. The summed E-state index contributed by atoms with van der Waals surface area (Å²) in [5.41, 5.74) is 4.63. The summed E-state index contributed by atoms with van der Waals surface area (Å²) in [5.74, 6) is 1.09. The number of fused-ring (bicyclic) bond motifs is 1. The van der Waals surface area contributed by atoms with Crippen molar-refractivity contribution in [2.75, 3.05) is 36.5 Å². The Labute approximate surface area is 297 Å². The lowest BCUT2D eigenvalue weighted by Gasteiger charge is -2.32. The van der Waals surface area contributed by atoms with Crippen LogP contribution in [0.1, 0.15) is 36.8 Å². The number of carbonyl (C=O) groups is 2. The van der Waals surface area contributed by atoms with Gasteiger partial charge < -0.3 is 30.6 Å². The van der Waals surface area contributed by atoms with Gasteiger partial charge in [0.25, 0.3) is 6.47 Å². The predicted octanol–water partition coefficient (Wildman–Crippen LogP) is 3.76. The first kappa shape index (κ1) is 35.3. The molecule has 264 valence electrons. The number of rotatable bonds is 8. The molecule has 2 fully saturated rings. The molecule has 0 unspecified atom stereocenters. The monoisotopic (exact) mass is 712 g/mol. The summed E-state index contributed by atoms with van der Waals surface area (Å²) in [5, 5.41) is 33.3. The van der Waals surface area contributed by atoms with Gasteiger partial charge in [-0.2, -0.15) is 5.26 Å². The molecule has 0 radical (unpaired) electrons. The number of hydrogen-bond donors (Lipinski definition) is 4. The first-order valence-electron chi connectivity index (χ1n) is 16.5. The highest BCUT2D eigenvalue weighted by Gasteiger charge is 2.30. The quantitative estimate of drug-likeness (QED) is 0.171. The fraction of sp³-hybridized carbons (Fsp3) is 0.343. The summed E-state index contributed by atoms with van der Waals surface area (Å²) < 4.78 is 15.6. The number of aryl methyl sites for hydroxylation is 1. The van der Waals surface area contributed by atoms with Crippen molar-refractivity contribution in [1.82, 2.24) is 35.0 Å². The molecule has 16 heteroatoms. The summed E-state index contributed by atoms with van der Waals surface area (Å²) in [6.45, 7) is 3.72. The molecule has 2 atom stereocenters. The number of hydrogen-bond acceptors (Lipinski definition) is 12. The van der Waals surface area contributed by atoms with E-state index in [-0.39, 0.29) is 30.3 Å². The smallest absolute Gasteiger partial charge is 0.290 e. The lowest BCUT2D eigenvalue weighted by molar-refractivity contribution is -0.124. The second kappa shape index (κ2) is 15.6. The van der Waals surface area contributed by atoms with Gasteiger partial charge in [0, 0.05) is 68.0 Å². The van der Waals surface area contributed by atoms with E-state index in [0.717, 1.165) is 54.2 Å². The van der Waals surface area contributed by atoms with Crippen LogP contribution in [0.2, 0.25) is 0 Å². The van der Waals surface area contributed by atoms with Gasteiger partial charge in [0.2, 0.25) is 11.9 Å². The molecular weight excluding hydrogens is 676 g/mol. The number of nitriles is 1. The van der Waals surface area contributed by atoms with Crippen molar-refractivity contribution < 1.29 is 24.2 Å². The topological polar surface area (TPSA) is 185 Å². The number of nitrogens with one attached hydrogen (secondary N) is 2. The van der Waals surface area contributed by atoms with E-state index in [2.05, 4.69) is 21.6 Å². The normalized spacial score (nSPS) is 17.4. The zero-order valence-corrected chi connectivity index (χ0v) is 28.8. The van der Waals surface area contributed by atoms with Gasteiger partial charge in [-0.15, -0.1) is 0 Å². The molecule has 2 aliphatic rings. The third-order valence-electron chi connectivity index (χ3n) is 8.96. The van der Waals surface area contributed by atoms with Crippen LogP contribution in [-0.2, 0) is 16.0 Å². The first-order chi connectivity index (χ1) is 24.7. The molecule has 14 nitrogen and oxygen atoms in total. The molecule has 4 N–H and O–H groups in total. The van der Waals surface area contributed by atoms with Crippen molar-refractivity contribution in [2.45, 2.75) is 50.8 Å². The van der Waals surface area contributed by atoms with E-state index >= 15 is 0 Å². The van der Waals surface area contributed by atoms with Gasteiger partial charge in [-0.3, -0.25) is 14.0 Å². The van der Waals surface area contributed by atoms with Crippen molar-refractivity contribution >= 4 is 46.3 Å². The SMILES string of the molecule is CCc1nc2ccc(-c3cnc(N4CCC(NC(=O)[C@H]5C[C@H](O)CN5)CC4)nc3)cn2c1N(C)c1nc(-c2ccc(F)cc2)c(C#N)s1.O=CO. The molecular formula is C35H37FN10O4S. The Bertz CT molecular complexity index is 2040. The molecule has 1 amide bonds. The summed E-state index contributed by atoms with van der Waals surface area (Å²) in [6, 6.07) is 12.0. The number of carboxylic acid groups (broad SMARTS) is 1. The lowest BCUT2D eigenvalue weighted by atomic mass is 10.0. The Morgan fingerprint density at radius 2 is 1.82 bits per heavy atom. The van der Waals surface area contributed by atoms with Gasteiger partial charge in [0.15, 0.2) is 5.13 Å². The fourth-order valence-corrected chi connectivity index (χ4v) is 7.19. The van der Waals surface area contributed by atoms with Crippen LogP contribution in [0.15, 0.2) is 55.0 Å². The number of carbonyl (C=O) groups excluding carboxylic acids is 1. The van der Waals surface area contributed by atoms with E-state index in [1.54, 1.807) is 12.1 Å². The number of imidazole rings is 1. The number of aliphatic hydroxyl groups excluding tert-OH is 1. The van der Waals surface area contributed by atoms with Crippen LogP contribution in [0, 0.1) is 17.1 Å². The Hall–Kier alpha value is -5.50. The van der Waals surface area contributed by atoms with Crippen LogP contribution >= 0.6 is 11.3 Å². The molecule has 1 aromatic carbocycles. The number of anilines is 3. The predicted molar refractivity (Wildman–Crippen MR) is 190 cm³/mol. The average molecular weight is 713 g/mol. The number of thiazole rings is 1. The van der Waals surface area contributed by atoms with Crippen LogP contribution < -0.4 is 20.4 Å². The summed E-state index contributed by atoms with van der Waals surface area (Å²) >= 11 is 1.28. The van der Waals surface area contributed by atoms with Gasteiger partial charge in [-0.25, -0.2) is 24.3 Å². The minimum atomic E-state index is -0.465. The van der Waals surface area contributed by atoms with Gasteiger partial charge >= 0.3 is 0 Å². The molecule has 0 bridgehead atoms. The molecule has 0 aliphatic carbocycles. The molecule has 2 saturated heterocycles. The van der Waals surface area contributed by atoms with Crippen molar-refractivity contribution in [1.29, 1.82) is 5.26 Å². The molecule has 0 spiro atoms. The fourth-order valence-electron chi connectivity index (χ4n) is 6.34. The molecule has 0 saturated carbocycles. The second-order valence-corrected chi connectivity index (χ2v) is 13.2. The molecule has 6 heterocycles. The molecule has 5 aromatic rings. The summed E-state index contributed by atoms with van der Waals surface area (Å²) in [7, 11) is 1.91. The Morgan fingerprint density at radius 3 is 2.45 bits per heavy atom. The maximum absolute atomic E-state index is 13.6. The van der Waals surface area contributed by atoms with Crippen LogP contribution in [0.3, 0.4) is 0 Å². The molecule has 51 heavy (non-hydrogen) atoms. The van der Waals surface area contributed by atoms with E-state index in [0.29, 0.717) is 46.6 Å². The minimum absolute atomic E-state index is 0.0470. The second-order valence-electron chi connectivity index (χ2n) is 12.2. The highest BCUT2D eigenvalue weighted by atomic mass is 32.1. The standard InChI is InChI=1S/C34H35FN10O2S.CH2O2/c1-3-26-32(43(2)34-42-30(28(15-36)48-34)20-4-7-23(35)8-5-20)45-19-21(6-9-29(45)41-26)22-16-38-33(39-17-22)44-12-10-24(11-13-44)40-31(47)27-14-25(46)18-37-27;2-1-3/h4-9,16-17,19,24-25,27,37,46H,3,10-14,18H2,1-2H3,(H,40,47);1H,(H,2,3)/t25-,27+;/m0./s1. The number of benzene rings is 1. The van der Waals surface area contributed by atoms with E-state index in [9.17, 15) is 19.6 Å². The number of amides is 1. The van der Waals surface area contributed by atoms with Gasteiger partial charge in [-0.1, -0.05) is 18.3 Å². The van der Waals surface area contributed by atoms with Crippen molar-refractivity contribution in [3.05, 3.63) is 71.4 Å². The van der Waals surface area contributed by atoms with Crippen LogP contribution in [0.25, 0.3) is 28.0 Å².